The van der Waals surface area contributed by atoms with Crippen LogP contribution in [0.3, 0.4) is 0 Å². The molecule has 162 valence electrons. The predicted molar refractivity (Wildman–Crippen MR) is 93.6 cm³/mol. The van der Waals surface area contributed by atoms with Gasteiger partial charge >= 0.3 is 18.4 Å². The van der Waals surface area contributed by atoms with Gasteiger partial charge in [0.1, 0.15) is 5.92 Å². The number of nitrogens with zero attached hydrogens (tertiary/aromatic N) is 1. The lowest BCUT2D eigenvalue weighted by Gasteiger charge is -2.49. The molecule has 1 aliphatic rings. The maximum atomic E-state index is 14.0. The Morgan fingerprint density at radius 2 is 1.83 bits per heavy atom. The number of Topliss-reactive ketones (excluding diaryl/α,β-unsaturated/α-hetero) is 1. The van der Waals surface area contributed by atoms with Crippen molar-refractivity contribution in [3.8, 4) is 0 Å². The predicted octanol–water partition coefficient (Wildman–Crippen LogP) is 4.21. The SMILES string of the molecule is CN1C(=O)N[C@H](c2cccc(C(F)(F)F)c2)[C@H](C(=O)c2cccs2)[C@@]1(O)C(F)(F)F. The van der Waals surface area contributed by atoms with Gasteiger partial charge in [0.05, 0.1) is 16.5 Å². The summed E-state index contributed by atoms with van der Waals surface area (Å²) < 4.78 is 81.2. The van der Waals surface area contributed by atoms with E-state index in [-0.39, 0.29) is 9.78 Å². The van der Waals surface area contributed by atoms with E-state index in [1.807, 2.05) is 0 Å². The molecule has 30 heavy (non-hydrogen) atoms. The quantitative estimate of drug-likeness (QED) is 0.542. The Bertz CT molecular complexity index is 960. The summed E-state index contributed by atoms with van der Waals surface area (Å²) in [4.78, 5) is 25.0. The van der Waals surface area contributed by atoms with Crippen LogP contribution < -0.4 is 5.32 Å². The molecule has 1 fully saturated rings. The van der Waals surface area contributed by atoms with E-state index in [1.54, 1.807) is 0 Å². The third kappa shape index (κ3) is 3.54. The summed E-state index contributed by atoms with van der Waals surface area (Å²) in [6, 6.07) is 2.61. The van der Waals surface area contributed by atoms with Gasteiger partial charge in [-0.3, -0.25) is 9.69 Å². The number of hydrogen-bond acceptors (Lipinski definition) is 4. The molecule has 1 aliphatic heterocycles. The maximum Gasteiger partial charge on any atom is 0.437 e. The normalized spacial score (nSPS) is 25.2. The summed E-state index contributed by atoms with van der Waals surface area (Å²) in [5.74, 6) is -3.53. The minimum Gasteiger partial charge on any atom is -0.363 e. The fourth-order valence-corrected chi connectivity index (χ4v) is 4.07. The number of benzene rings is 1. The number of amides is 2. The molecule has 0 bridgehead atoms. The van der Waals surface area contributed by atoms with Crippen LogP contribution in [-0.2, 0) is 6.18 Å². The Hall–Kier alpha value is -2.60. The number of rotatable bonds is 3. The Morgan fingerprint density at radius 1 is 1.17 bits per heavy atom. The molecule has 0 aliphatic carbocycles. The molecule has 12 heteroatoms. The van der Waals surface area contributed by atoms with Crippen LogP contribution in [0, 0.1) is 5.92 Å². The first kappa shape index (κ1) is 22.1. The topological polar surface area (TPSA) is 69.6 Å². The Labute approximate surface area is 169 Å². The zero-order valence-electron chi connectivity index (χ0n) is 15.1. The first-order valence-corrected chi connectivity index (χ1v) is 9.24. The molecule has 0 saturated carbocycles. The summed E-state index contributed by atoms with van der Waals surface area (Å²) in [7, 11) is 0.653. The van der Waals surface area contributed by atoms with Crippen LogP contribution in [0.25, 0.3) is 0 Å². The average molecular weight is 452 g/mol. The van der Waals surface area contributed by atoms with E-state index in [0.717, 1.165) is 23.5 Å². The van der Waals surface area contributed by atoms with Crippen molar-refractivity contribution >= 4 is 23.2 Å². The van der Waals surface area contributed by atoms with Gasteiger partial charge in [-0.1, -0.05) is 18.2 Å². The molecule has 2 N–H and O–H groups in total. The number of carbonyl (C=O) groups is 2. The molecule has 2 aromatic rings. The highest BCUT2D eigenvalue weighted by Crippen LogP contribution is 2.48. The van der Waals surface area contributed by atoms with Crippen molar-refractivity contribution in [2.45, 2.75) is 24.1 Å². The highest BCUT2D eigenvalue weighted by atomic mass is 32.1. The second-order valence-electron chi connectivity index (χ2n) is 6.65. The van der Waals surface area contributed by atoms with Crippen molar-refractivity contribution in [2.24, 2.45) is 5.92 Å². The van der Waals surface area contributed by atoms with Gasteiger partial charge in [0.25, 0.3) is 5.72 Å². The lowest BCUT2D eigenvalue weighted by Crippen LogP contribution is -2.72. The number of aliphatic hydroxyl groups is 1. The van der Waals surface area contributed by atoms with E-state index in [9.17, 15) is 41.0 Å². The molecule has 2 amide bonds. The van der Waals surface area contributed by atoms with Crippen LogP contribution in [0.2, 0.25) is 0 Å². The summed E-state index contributed by atoms with van der Waals surface area (Å²) in [6.45, 7) is 0. The van der Waals surface area contributed by atoms with Crippen molar-refractivity contribution in [1.82, 2.24) is 10.2 Å². The largest absolute Gasteiger partial charge is 0.437 e. The molecule has 1 aromatic carbocycles. The van der Waals surface area contributed by atoms with Crippen LogP contribution in [0.15, 0.2) is 41.8 Å². The van der Waals surface area contributed by atoms with Gasteiger partial charge in [0.15, 0.2) is 5.78 Å². The molecule has 3 atom stereocenters. The number of nitrogens with one attached hydrogen (secondary N) is 1. The van der Waals surface area contributed by atoms with E-state index in [2.05, 4.69) is 5.32 Å². The average Bonchev–Trinajstić information content (AvgIpc) is 3.18. The lowest BCUT2D eigenvalue weighted by molar-refractivity contribution is -0.322. The second kappa shape index (κ2) is 7.27. The maximum absolute atomic E-state index is 14.0. The number of hydrogen-bond donors (Lipinski definition) is 2. The van der Waals surface area contributed by atoms with E-state index < -0.39 is 53.0 Å². The third-order valence-corrected chi connectivity index (χ3v) is 5.78. The Kier molecular flexibility index (Phi) is 5.35. The number of halogens is 6. The third-order valence-electron chi connectivity index (χ3n) is 4.90. The van der Waals surface area contributed by atoms with Crippen LogP contribution in [-0.4, -0.2) is 40.8 Å². The van der Waals surface area contributed by atoms with Crippen molar-refractivity contribution in [3.05, 3.63) is 57.8 Å². The summed E-state index contributed by atoms with van der Waals surface area (Å²) >= 11 is 0.803. The van der Waals surface area contributed by atoms with Gasteiger partial charge in [-0.25, -0.2) is 4.79 Å². The first-order valence-electron chi connectivity index (χ1n) is 8.36. The molecule has 5 nitrogen and oxygen atoms in total. The standard InChI is InChI=1S/C18H14F6N2O3S/c1-26-15(28)25-13(9-4-2-5-10(8-9)17(19,20)21)12(16(26,29)18(22,23)24)14(27)11-6-3-7-30-11/h2-8,12-13,29H,1H3,(H,25,28)/t12-,13-,16-/m1/s1. The second-order valence-corrected chi connectivity index (χ2v) is 7.60. The number of thiophene rings is 1. The smallest absolute Gasteiger partial charge is 0.363 e. The molecular formula is C18H14F6N2O3S. The highest BCUT2D eigenvalue weighted by molar-refractivity contribution is 7.12. The number of urea groups is 1. The molecule has 3 rings (SSSR count). The minimum atomic E-state index is -5.48. The highest BCUT2D eigenvalue weighted by Gasteiger charge is 2.69. The summed E-state index contributed by atoms with van der Waals surface area (Å²) in [5.41, 5.74) is -5.52. The van der Waals surface area contributed by atoms with Crippen molar-refractivity contribution in [2.75, 3.05) is 7.05 Å². The number of carbonyl (C=O) groups excluding carboxylic acids is 2. The molecule has 1 saturated heterocycles. The van der Waals surface area contributed by atoms with E-state index in [0.29, 0.717) is 19.2 Å². The van der Waals surface area contributed by atoms with Crippen LogP contribution >= 0.6 is 11.3 Å². The summed E-state index contributed by atoms with van der Waals surface area (Å²) in [6.07, 6.45) is -10.3. The van der Waals surface area contributed by atoms with Crippen LogP contribution in [0.4, 0.5) is 31.1 Å². The van der Waals surface area contributed by atoms with Gasteiger partial charge in [-0.15, -0.1) is 11.3 Å². The fraction of sp³-hybridized carbons (Fsp3) is 0.333. The number of ketones is 1. The van der Waals surface area contributed by atoms with Crippen molar-refractivity contribution < 1.29 is 41.0 Å². The first-order chi connectivity index (χ1) is 13.8. The number of alkyl halides is 6. The monoisotopic (exact) mass is 452 g/mol. The fourth-order valence-electron chi connectivity index (χ4n) is 3.37. The Morgan fingerprint density at radius 3 is 2.37 bits per heavy atom. The molecule has 0 radical (unpaired) electrons. The van der Waals surface area contributed by atoms with Gasteiger partial charge in [-0.2, -0.15) is 26.3 Å². The molecular weight excluding hydrogens is 438 g/mol. The van der Waals surface area contributed by atoms with Crippen LogP contribution in [0.5, 0.6) is 0 Å². The molecule has 2 heterocycles. The van der Waals surface area contributed by atoms with Gasteiger partial charge in [0.2, 0.25) is 0 Å². The van der Waals surface area contributed by atoms with E-state index in [4.69, 9.17) is 0 Å². The molecule has 0 spiro atoms. The van der Waals surface area contributed by atoms with E-state index in [1.165, 1.54) is 17.5 Å². The minimum absolute atomic E-state index is 0.0622. The van der Waals surface area contributed by atoms with Crippen LogP contribution in [0.1, 0.15) is 26.8 Å². The molecule has 0 unspecified atom stereocenters. The van der Waals surface area contributed by atoms with Crippen molar-refractivity contribution in [3.63, 3.8) is 0 Å². The van der Waals surface area contributed by atoms with Crippen molar-refractivity contribution in [1.29, 1.82) is 0 Å². The lowest BCUT2D eigenvalue weighted by atomic mass is 9.77. The van der Waals surface area contributed by atoms with Gasteiger partial charge in [0, 0.05) is 7.05 Å². The van der Waals surface area contributed by atoms with Gasteiger partial charge < -0.3 is 10.4 Å². The van der Waals surface area contributed by atoms with E-state index >= 15 is 0 Å². The Balaban J connectivity index is 2.22. The zero-order chi connectivity index (χ0) is 22.5. The van der Waals surface area contributed by atoms with Gasteiger partial charge in [-0.05, 0) is 29.1 Å². The molecule has 1 aromatic heterocycles. The summed E-state index contributed by atoms with van der Waals surface area (Å²) in [5, 5.41) is 14.2. The zero-order valence-corrected chi connectivity index (χ0v) is 15.9.